The first kappa shape index (κ1) is 69.8. The third kappa shape index (κ3) is 14.0. The number of rotatable bonds is 16. The van der Waals surface area contributed by atoms with Crippen LogP contribution in [-0.2, 0) is 30.9 Å². The van der Waals surface area contributed by atoms with Gasteiger partial charge in [-0.2, -0.15) is 0 Å². The summed E-state index contributed by atoms with van der Waals surface area (Å²) in [6.07, 6.45) is 18.3. The molecule has 3 spiro atoms. The number of aliphatic hydroxyl groups is 3. The SMILES string of the molecule is CN(C)C1(c2ccccc2)CCC2(CC1)CN(CC(=O)O)C(=O)N2CC1(O)CCC1.CN(C)C1(c2ccccc2)CCC2(CC1)CN(CC(=O)OC(C)(C)C)C(=O)N2CC1(O)CCC1.CN(C)C1(c2ccccc2)CCC2(CC1)CNC(=O)N2CC1(O)CCC1.Cl. The minimum absolute atomic E-state index is 0. The fraction of sp³-hybridized carbons (Fsp3) is 0.676. The second kappa shape index (κ2) is 26.7. The maximum atomic E-state index is 13.6. The summed E-state index contributed by atoms with van der Waals surface area (Å²) in [5.41, 5.74) is -0.0388. The molecule has 0 bridgehead atoms. The van der Waals surface area contributed by atoms with Crippen LogP contribution in [0.25, 0.3) is 0 Å². The van der Waals surface area contributed by atoms with Crippen molar-refractivity contribution in [3.63, 3.8) is 0 Å². The number of β-amino-alcohol motifs (C(OH)–C–C–N with tert-alkyl or cyclic N) is 3. The summed E-state index contributed by atoms with van der Waals surface area (Å²) in [6.45, 7) is 7.94. The minimum atomic E-state index is -0.995. The number of ether oxygens (including phenoxy) is 1. The number of esters is 1. The predicted molar refractivity (Wildman–Crippen MR) is 354 cm³/mol. The van der Waals surface area contributed by atoms with Crippen molar-refractivity contribution in [3.8, 4) is 0 Å². The maximum Gasteiger partial charge on any atom is 0.326 e. The highest BCUT2D eigenvalue weighted by Crippen LogP contribution is 2.53. The van der Waals surface area contributed by atoms with Crippen molar-refractivity contribution < 1.29 is 49.1 Å². The van der Waals surface area contributed by atoms with Crippen LogP contribution in [0.15, 0.2) is 91.0 Å². The molecule has 6 aliphatic carbocycles. The topological polar surface area (TPSA) is 213 Å². The fourth-order valence-corrected chi connectivity index (χ4v) is 17.1. The van der Waals surface area contributed by atoms with Gasteiger partial charge in [-0.25, -0.2) is 14.4 Å². The van der Waals surface area contributed by atoms with E-state index in [9.17, 15) is 44.4 Å². The number of aliphatic carboxylic acids is 1. The van der Waals surface area contributed by atoms with Crippen LogP contribution in [0.1, 0.15) is 172 Å². The van der Waals surface area contributed by atoms with Crippen LogP contribution in [-0.4, -0.2) is 223 Å². The van der Waals surface area contributed by atoms with Crippen LogP contribution < -0.4 is 5.32 Å². The van der Waals surface area contributed by atoms with Crippen LogP contribution in [0, 0.1) is 0 Å². The molecule has 3 aliphatic heterocycles. The van der Waals surface area contributed by atoms with E-state index in [1.165, 1.54) is 21.6 Å². The van der Waals surface area contributed by atoms with Crippen molar-refractivity contribution in [1.82, 2.24) is 44.5 Å². The lowest BCUT2D eigenvalue weighted by molar-refractivity contribution is -0.155. The van der Waals surface area contributed by atoms with Crippen molar-refractivity contribution in [2.75, 3.05) is 94.6 Å². The molecule has 5 N–H and O–H groups in total. The summed E-state index contributed by atoms with van der Waals surface area (Å²) in [7, 11) is 12.8. The number of urea groups is 3. The molecule has 12 rings (SSSR count). The molecule has 19 nitrogen and oxygen atoms in total. The normalized spacial score (nSPS) is 30.5. The molecule has 9 aliphatic rings. The molecule has 9 fully saturated rings. The van der Waals surface area contributed by atoms with Gasteiger partial charge in [0, 0.05) is 36.3 Å². The second-order valence-electron chi connectivity index (χ2n) is 30.5. The van der Waals surface area contributed by atoms with Gasteiger partial charge in [0.25, 0.3) is 0 Å². The number of carbonyl (C=O) groups excluding carboxylic acids is 4. The molecule has 0 aromatic heterocycles. The number of halogens is 1. The lowest BCUT2D eigenvalue weighted by Crippen LogP contribution is -2.59. The Hall–Kier alpha value is -5.54. The number of carbonyl (C=O) groups is 5. The first-order chi connectivity index (χ1) is 42.5. The minimum Gasteiger partial charge on any atom is -0.480 e. The highest BCUT2D eigenvalue weighted by Gasteiger charge is 2.60. The molecule has 6 amide bonds. The monoisotopic (exact) mass is 1280 g/mol. The molecule has 0 atom stereocenters. The Kier molecular flexibility index (Phi) is 20.5. The van der Waals surface area contributed by atoms with Gasteiger partial charge < -0.3 is 55.0 Å². The van der Waals surface area contributed by atoms with Gasteiger partial charge >= 0.3 is 30.0 Å². The van der Waals surface area contributed by atoms with E-state index in [1.54, 1.807) is 4.90 Å². The molecule has 91 heavy (non-hydrogen) atoms. The average Bonchev–Trinajstić information content (AvgIpc) is 1.70. The summed E-state index contributed by atoms with van der Waals surface area (Å²) < 4.78 is 5.51. The average molecular weight is 1280 g/mol. The highest BCUT2D eigenvalue weighted by atomic mass is 35.5. The van der Waals surface area contributed by atoms with E-state index in [4.69, 9.17) is 4.74 Å². The summed E-state index contributed by atoms with van der Waals surface area (Å²) >= 11 is 0. The van der Waals surface area contributed by atoms with Crippen molar-refractivity contribution >= 4 is 42.4 Å². The van der Waals surface area contributed by atoms with Gasteiger partial charge in [0.15, 0.2) is 0 Å². The van der Waals surface area contributed by atoms with Crippen molar-refractivity contribution in [1.29, 1.82) is 0 Å². The molecule has 0 unspecified atom stereocenters. The zero-order valence-electron chi connectivity index (χ0n) is 55.9. The number of benzene rings is 3. The lowest BCUT2D eigenvalue weighted by atomic mass is 9.67. The van der Waals surface area contributed by atoms with Gasteiger partial charge in [0.2, 0.25) is 0 Å². The van der Waals surface area contributed by atoms with E-state index in [0.29, 0.717) is 52.1 Å². The van der Waals surface area contributed by atoms with E-state index >= 15 is 0 Å². The van der Waals surface area contributed by atoms with E-state index < -0.39 is 33.9 Å². The molecule has 3 aromatic carbocycles. The Morgan fingerprint density at radius 2 is 0.780 bits per heavy atom. The predicted octanol–water partition coefficient (Wildman–Crippen LogP) is 9.36. The van der Waals surface area contributed by atoms with Crippen molar-refractivity contribution in [2.24, 2.45) is 0 Å². The van der Waals surface area contributed by atoms with Crippen LogP contribution in [0.2, 0.25) is 0 Å². The van der Waals surface area contributed by atoms with Crippen molar-refractivity contribution in [3.05, 3.63) is 108 Å². The summed E-state index contributed by atoms with van der Waals surface area (Å²) in [6, 6.07) is 31.5. The molecular formula is C71H106ClN9O10. The van der Waals surface area contributed by atoms with Crippen molar-refractivity contribution in [2.45, 2.75) is 211 Å². The third-order valence-corrected chi connectivity index (χ3v) is 23.3. The van der Waals surface area contributed by atoms with E-state index in [0.717, 1.165) is 122 Å². The molecule has 502 valence electrons. The Balaban J connectivity index is 0.000000162. The zero-order chi connectivity index (χ0) is 64.8. The van der Waals surface area contributed by atoms with Gasteiger partial charge in [-0.1, -0.05) is 91.0 Å². The number of nitrogens with one attached hydrogen (secondary N) is 1. The third-order valence-electron chi connectivity index (χ3n) is 23.3. The Labute approximate surface area is 547 Å². The standard InChI is InChI=1S/C27H41N3O4.C23H33N3O4.C21H31N3O2.ClH/c1-24(2,3)34-22(31)18-29-19-25(30(23(29)32)20-26(33)12-9-13-26)14-16-27(17-15-25,28(4)5)21-10-7-6-8-11-21;1-24(2)23(18-7-4-3-5-8-18)13-11-21(12-14-23)16-25(15-19(27)28)20(29)26(21)17-22(30)9-6-10-22;1-23(2)21(17-7-4-3-5-8-17)13-11-19(12-14-21)15-22-18(25)24(19)16-20(26)9-6-10-20;/h6-8,10-11,33H,9,12-20H2,1-5H3;3-5,7-8,30H,6,9-17H2,1-2H3,(H,27,28);3-5,7-8,26H,6,9-16H2,1-2H3,(H,22,25);1H. The summed E-state index contributed by atoms with van der Waals surface area (Å²) in [5.74, 6) is -1.38. The first-order valence-electron chi connectivity index (χ1n) is 33.5. The smallest absolute Gasteiger partial charge is 0.326 e. The number of hydrogen-bond donors (Lipinski definition) is 5. The molecular weight excluding hydrogens is 1170 g/mol. The van der Waals surface area contributed by atoms with Crippen LogP contribution in [0.4, 0.5) is 14.4 Å². The molecule has 0 radical (unpaired) electrons. The largest absolute Gasteiger partial charge is 0.480 e. The van der Waals surface area contributed by atoms with Crippen LogP contribution in [0.3, 0.4) is 0 Å². The van der Waals surface area contributed by atoms with E-state index in [2.05, 4.69) is 141 Å². The molecule has 6 saturated carbocycles. The van der Waals surface area contributed by atoms with E-state index in [-0.39, 0.29) is 77.3 Å². The summed E-state index contributed by atoms with van der Waals surface area (Å²) in [5, 5.41) is 44.8. The van der Waals surface area contributed by atoms with Gasteiger partial charge in [-0.3, -0.25) is 24.3 Å². The summed E-state index contributed by atoms with van der Waals surface area (Å²) in [4.78, 5) is 78.9. The number of amides is 6. The number of hydrogen-bond acceptors (Lipinski definition) is 12. The Morgan fingerprint density at radius 1 is 0.473 bits per heavy atom. The fourth-order valence-electron chi connectivity index (χ4n) is 17.1. The molecule has 3 saturated heterocycles. The zero-order valence-corrected chi connectivity index (χ0v) is 56.7. The van der Waals surface area contributed by atoms with Crippen LogP contribution in [0.5, 0.6) is 0 Å². The first-order valence-corrected chi connectivity index (χ1v) is 33.5. The Morgan fingerprint density at radius 3 is 1.07 bits per heavy atom. The quantitative estimate of drug-likeness (QED) is 0.0847. The Bertz CT molecular complexity index is 3000. The van der Waals surface area contributed by atoms with Gasteiger partial charge in [0.1, 0.15) is 18.7 Å². The lowest BCUT2D eigenvalue weighted by Gasteiger charge is -2.52. The number of carboxylic acid groups (broad SMARTS) is 1. The number of nitrogens with zero attached hydrogens (tertiary/aromatic N) is 8. The highest BCUT2D eigenvalue weighted by molar-refractivity contribution is 5.86. The van der Waals surface area contributed by atoms with Gasteiger partial charge in [0.05, 0.1) is 53.1 Å². The molecule has 3 aromatic rings. The maximum absolute atomic E-state index is 13.6. The van der Waals surface area contributed by atoms with Gasteiger partial charge in [-0.05, 0) is 215 Å². The molecule has 20 heteroatoms. The van der Waals surface area contributed by atoms with Crippen LogP contribution >= 0.6 is 12.4 Å². The number of carboxylic acids is 1. The molecule has 3 heterocycles. The van der Waals surface area contributed by atoms with E-state index in [1.807, 2.05) is 47.6 Å². The van der Waals surface area contributed by atoms with Gasteiger partial charge in [-0.15, -0.1) is 12.4 Å². The second-order valence-corrected chi connectivity index (χ2v) is 30.5.